The summed E-state index contributed by atoms with van der Waals surface area (Å²) in [6.07, 6.45) is 4.57. The fourth-order valence-corrected chi connectivity index (χ4v) is 5.13. The lowest BCUT2D eigenvalue weighted by atomic mass is 10.4. The Morgan fingerprint density at radius 3 is 2.00 bits per heavy atom. The molecule has 0 aromatic heterocycles. The van der Waals surface area contributed by atoms with Gasteiger partial charge in [-0.05, 0) is 12.1 Å². The molecule has 0 radical (unpaired) electrons. The maximum absolute atomic E-state index is 11.1. The Balaban J connectivity index is 4.43. The van der Waals surface area contributed by atoms with Gasteiger partial charge >= 0.3 is 0 Å². The van der Waals surface area contributed by atoms with Crippen molar-refractivity contribution in [2.45, 2.75) is 58.5 Å². The van der Waals surface area contributed by atoms with E-state index in [9.17, 15) is 4.79 Å². The molecule has 0 unspecified atom stereocenters. The third-order valence-electron chi connectivity index (χ3n) is 2.63. The Morgan fingerprint density at radius 1 is 1.27 bits per heavy atom. The molecule has 0 N–H and O–H groups in total. The highest BCUT2D eigenvalue weighted by atomic mass is 28.4. The standard InChI is InChI=1S/C12H24O2Si/c1-5-8-10-15(7-3,11-9-6-2)14-12(4)13/h7H,3,5-6,8-11H2,1-2,4H3. The van der Waals surface area contributed by atoms with Crippen LogP contribution in [0.2, 0.25) is 12.1 Å². The van der Waals surface area contributed by atoms with E-state index in [4.69, 9.17) is 4.43 Å². The Bertz CT molecular complexity index is 194. The van der Waals surface area contributed by atoms with Crippen LogP contribution in [0.1, 0.15) is 46.5 Å². The fourth-order valence-electron chi connectivity index (χ4n) is 1.71. The van der Waals surface area contributed by atoms with Crippen molar-refractivity contribution in [1.29, 1.82) is 0 Å². The minimum Gasteiger partial charge on any atom is -0.515 e. The molecule has 0 atom stereocenters. The normalized spacial score (nSPS) is 11.1. The molecule has 0 heterocycles. The van der Waals surface area contributed by atoms with Gasteiger partial charge in [0.2, 0.25) is 0 Å². The smallest absolute Gasteiger partial charge is 0.289 e. The second kappa shape index (κ2) is 7.68. The topological polar surface area (TPSA) is 26.3 Å². The maximum atomic E-state index is 11.1. The Morgan fingerprint density at radius 2 is 1.73 bits per heavy atom. The second-order valence-corrected chi connectivity index (χ2v) is 7.81. The summed E-state index contributed by atoms with van der Waals surface area (Å²) < 4.78 is 5.57. The summed E-state index contributed by atoms with van der Waals surface area (Å²) >= 11 is 0. The SMILES string of the molecule is C=C[Si](CCCC)(CCCC)OC(C)=O. The lowest BCUT2D eigenvalue weighted by Crippen LogP contribution is -2.37. The average molecular weight is 228 g/mol. The first-order valence-corrected chi connectivity index (χ1v) is 8.33. The molecular formula is C12H24O2Si. The molecule has 0 bridgehead atoms. The molecule has 0 aliphatic heterocycles. The number of carbonyl (C=O) groups excluding carboxylic acids is 1. The Labute approximate surface area is 94.8 Å². The molecule has 0 aromatic carbocycles. The lowest BCUT2D eigenvalue weighted by Gasteiger charge is -2.27. The highest BCUT2D eigenvalue weighted by Gasteiger charge is 2.33. The van der Waals surface area contributed by atoms with Crippen molar-refractivity contribution in [3.8, 4) is 0 Å². The van der Waals surface area contributed by atoms with Gasteiger partial charge in [-0.25, -0.2) is 0 Å². The van der Waals surface area contributed by atoms with Crippen molar-refractivity contribution in [1.82, 2.24) is 0 Å². The Kier molecular flexibility index (Phi) is 7.39. The summed E-state index contributed by atoms with van der Waals surface area (Å²) in [5.74, 6) is -0.145. The van der Waals surface area contributed by atoms with Gasteiger partial charge in [0.05, 0.1) is 0 Å². The molecule has 88 valence electrons. The summed E-state index contributed by atoms with van der Waals surface area (Å²) in [4.78, 5) is 11.1. The first-order valence-electron chi connectivity index (χ1n) is 5.93. The molecular weight excluding hydrogens is 204 g/mol. The molecule has 0 fully saturated rings. The van der Waals surface area contributed by atoms with E-state index in [1.807, 2.05) is 5.70 Å². The fraction of sp³-hybridized carbons (Fsp3) is 0.750. The highest BCUT2D eigenvalue weighted by Crippen LogP contribution is 2.24. The van der Waals surface area contributed by atoms with Crippen molar-refractivity contribution >= 4 is 14.3 Å². The number of hydrogen-bond donors (Lipinski definition) is 0. The van der Waals surface area contributed by atoms with Gasteiger partial charge in [-0.3, -0.25) is 4.79 Å². The first-order chi connectivity index (χ1) is 7.10. The largest absolute Gasteiger partial charge is 0.515 e. The van der Waals surface area contributed by atoms with Gasteiger partial charge in [-0.2, -0.15) is 0 Å². The van der Waals surface area contributed by atoms with Crippen LogP contribution in [-0.2, 0) is 9.22 Å². The van der Waals surface area contributed by atoms with Crippen LogP contribution in [-0.4, -0.2) is 14.3 Å². The molecule has 0 aromatic rings. The van der Waals surface area contributed by atoms with Crippen molar-refractivity contribution < 1.29 is 9.22 Å². The summed E-state index contributed by atoms with van der Waals surface area (Å²) in [6.45, 7) is 9.70. The molecule has 2 nitrogen and oxygen atoms in total. The zero-order valence-electron chi connectivity index (χ0n) is 10.3. The first kappa shape index (κ1) is 14.4. The van der Waals surface area contributed by atoms with Gasteiger partial charge in [0, 0.05) is 6.92 Å². The third kappa shape index (κ3) is 5.77. The Hall–Kier alpha value is -0.573. The molecule has 0 aliphatic rings. The van der Waals surface area contributed by atoms with Crippen LogP contribution < -0.4 is 0 Å². The average Bonchev–Trinajstić information content (AvgIpc) is 2.22. The minimum absolute atomic E-state index is 0.145. The van der Waals surface area contributed by atoms with E-state index in [1.54, 1.807) is 0 Å². The van der Waals surface area contributed by atoms with Crippen molar-refractivity contribution in [3.63, 3.8) is 0 Å². The zero-order valence-corrected chi connectivity index (χ0v) is 11.3. The summed E-state index contributed by atoms with van der Waals surface area (Å²) in [7, 11) is -1.96. The van der Waals surface area contributed by atoms with Crippen LogP contribution in [0.5, 0.6) is 0 Å². The van der Waals surface area contributed by atoms with E-state index in [-0.39, 0.29) is 5.97 Å². The van der Waals surface area contributed by atoms with Crippen molar-refractivity contribution in [2.75, 3.05) is 0 Å². The van der Waals surface area contributed by atoms with Gasteiger partial charge in [-0.15, -0.1) is 6.58 Å². The summed E-state index contributed by atoms with van der Waals surface area (Å²) in [5.41, 5.74) is 1.94. The molecule has 0 amide bonds. The third-order valence-corrected chi connectivity index (χ3v) is 6.46. The number of carbonyl (C=O) groups is 1. The van der Waals surface area contributed by atoms with Crippen LogP contribution in [0.15, 0.2) is 12.3 Å². The molecule has 3 heteroatoms. The summed E-state index contributed by atoms with van der Waals surface area (Å²) in [5, 5.41) is 0. The second-order valence-electron chi connectivity index (χ2n) is 4.07. The van der Waals surface area contributed by atoms with Gasteiger partial charge in [0.15, 0.2) is 0 Å². The molecule has 0 saturated heterocycles. The quantitative estimate of drug-likeness (QED) is 0.590. The van der Waals surface area contributed by atoms with E-state index < -0.39 is 8.32 Å². The van der Waals surface area contributed by atoms with Crippen LogP contribution >= 0.6 is 0 Å². The predicted octanol–water partition coefficient (Wildman–Crippen LogP) is 3.82. The van der Waals surface area contributed by atoms with Crippen molar-refractivity contribution in [2.24, 2.45) is 0 Å². The predicted molar refractivity (Wildman–Crippen MR) is 67.1 cm³/mol. The molecule has 15 heavy (non-hydrogen) atoms. The lowest BCUT2D eigenvalue weighted by molar-refractivity contribution is -0.132. The summed E-state index contributed by atoms with van der Waals surface area (Å²) in [6, 6.07) is 2.07. The number of hydrogen-bond acceptors (Lipinski definition) is 2. The molecule has 0 spiro atoms. The van der Waals surface area contributed by atoms with Gasteiger partial charge in [0.1, 0.15) is 0 Å². The van der Waals surface area contributed by atoms with Crippen molar-refractivity contribution in [3.05, 3.63) is 12.3 Å². The minimum atomic E-state index is -1.96. The van der Waals surface area contributed by atoms with E-state index >= 15 is 0 Å². The van der Waals surface area contributed by atoms with Crippen LogP contribution in [0.4, 0.5) is 0 Å². The molecule has 0 rings (SSSR count). The van der Waals surface area contributed by atoms with E-state index in [0.29, 0.717) is 0 Å². The van der Waals surface area contributed by atoms with Gasteiger partial charge in [-0.1, -0.05) is 45.2 Å². The van der Waals surface area contributed by atoms with Crippen LogP contribution in [0.3, 0.4) is 0 Å². The van der Waals surface area contributed by atoms with E-state index in [2.05, 4.69) is 20.4 Å². The maximum Gasteiger partial charge on any atom is 0.289 e. The number of rotatable bonds is 8. The monoisotopic (exact) mass is 228 g/mol. The van der Waals surface area contributed by atoms with E-state index in [0.717, 1.165) is 37.8 Å². The molecule has 0 saturated carbocycles. The zero-order chi connectivity index (χ0) is 11.7. The van der Waals surface area contributed by atoms with Gasteiger partial charge in [0.25, 0.3) is 14.3 Å². The van der Waals surface area contributed by atoms with E-state index in [1.165, 1.54) is 6.92 Å². The number of unbranched alkanes of at least 4 members (excludes halogenated alkanes) is 2. The van der Waals surface area contributed by atoms with Crippen LogP contribution in [0.25, 0.3) is 0 Å². The molecule has 0 aliphatic carbocycles. The van der Waals surface area contributed by atoms with Gasteiger partial charge < -0.3 is 4.43 Å². The van der Waals surface area contributed by atoms with Crippen LogP contribution in [0, 0.1) is 0 Å². The highest BCUT2D eigenvalue weighted by molar-refractivity contribution is 6.79.